The van der Waals surface area contributed by atoms with Crippen molar-refractivity contribution in [1.82, 2.24) is 4.90 Å². The summed E-state index contributed by atoms with van der Waals surface area (Å²) < 4.78 is 5.17. The molecule has 0 spiro atoms. The van der Waals surface area contributed by atoms with Crippen LogP contribution in [0.3, 0.4) is 0 Å². The minimum absolute atomic E-state index is 0.428. The number of hydrogen-bond acceptors (Lipinski definition) is 3. The summed E-state index contributed by atoms with van der Waals surface area (Å²) in [6.07, 6.45) is 0. The van der Waals surface area contributed by atoms with Gasteiger partial charge < -0.3 is 10.5 Å². The van der Waals surface area contributed by atoms with Gasteiger partial charge in [0.05, 0.1) is 6.61 Å². The molecule has 0 fully saturated rings. The van der Waals surface area contributed by atoms with Crippen LogP contribution >= 0.6 is 0 Å². The monoisotopic (exact) mass is 250 g/mol. The number of nitrogens with two attached hydrogens (primary N) is 1. The lowest BCUT2D eigenvalue weighted by molar-refractivity contribution is 0.112. The first-order chi connectivity index (χ1) is 8.58. The molecule has 0 radical (unpaired) electrons. The van der Waals surface area contributed by atoms with Gasteiger partial charge in [0.2, 0.25) is 0 Å². The number of ether oxygens (including phenoxy) is 1. The lowest BCUT2D eigenvalue weighted by Crippen LogP contribution is -2.32. The van der Waals surface area contributed by atoms with E-state index >= 15 is 0 Å². The van der Waals surface area contributed by atoms with Crippen LogP contribution in [0, 0.1) is 0 Å². The Kier molecular flexibility index (Phi) is 6.33. The fourth-order valence-corrected chi connectivity index (χ4v) is 1.90. The molecule has 3 heteroatoms. The number of hydrogen-bond donors (Lipinski definition) is 1. The molecule has 2 atom stereocenters. The lowest BCUT2D eigenvalue weighted by atomic mass is 10.00. The zero-order valence-electron chi connectivity index (χ0n) is 12.0. The molecule has 0 bridgehead atoms. The predicted octanol–water partition coefficient (Wildman–Crippen LogP) is 2.22. The van der Waals surface area contributed by atoms with E-state index in [1.54, 1.807) is 7.11 Å². The van der Waals surface area contributed by atoms with Crippen molar-refractivity contribution in [3.8, 4) is 0 Å². The Morgan fingerprint density at radius 2 is 1.83 bits per heavy atom. The van der Waals surface area contributed by atoms with Crippen molar-refractivity contribution in [2.45, 2.75) is 32.4 Å². The molecular weight excluding hydrogens is 224 g/mol. The molecule has 0 aliphatic carbocycles. The quantitative estimate of drug-likeness (QED) is 0.806. The van der Waals surface area contributed by atoms with Gasteiger partial charge in [-0.05, 0) is 37.6 Å². The Morgan fingerprint density at radius 3 is 2.33 bits per heavy atom. The van der Waals surface area contributed by atoms with E-state index in [0.717, 1.165) is 13.2 Å². The summed E-state index contributed by atoms with van der Waals surface area (Å²) in [4.78, 5) is 2.30. The molecule has 0 aliphatic rings. The Balaban J connectivity index is 2.58. The Morgan fingerprint density at radius 1 is 1.22 bits per heavy atom. The summed E-state index contributed by atoms with van der Waals surface area (Å²) in [6.45, 7) is 6.74. The fraction of sp³-hybridized carbons (Fsp3) is 0.600. The van der Waals surface area contributed by atoms with E-state index < -0.39 is 0 Å². The lowest BCUT2D eigenvalue weighted by Gasteiger charge is -2.24. The van der Waals surface area contributed by atoms with Gasteiger partial charge in [0.15, 0.2) is 0 Å². The van der Waals surface area contributed by atoms with Crippen molar-refractivity contribution in [1.29, 1.82) is 0 Å². The molecule has 0 aliphatic heterocycles. The molecule has 0 heterocycles. The van der Waals surface area contributed by atoms with Gasteiger partial charge in [0.25, 0.3) is 0 Å². The zero-order chi connectivity index (χ0) is 13.5. The van der Waals surface area contributed by atoms with Crippen molar-refractivity contribution in [3.05, 3.63) is 35.4 Å². The molecule has 1 aromatic carbocycles. The van der Waals surface area contributed by atoms with Gasteiger partial charge in [0.1, 0.15) is 0 Å². The number of nitrogens with zero attached hydrogens (tertiary/aromatic N) is 1. The molecule has 1 aromatic rings. The third-order valence-corrected chi connectivity index (χ3v) is 3.49. The molecule has 18 heavy (non-hydrogen) atoms. The van der Waals surface area contributed by atoms with E-state index in [0.29, 0.717) is 18.5 Å². The maximum atomic E-state index is 5.67. The highest BCUT2D eigenvalue weighted by Crippen LogP contribution is 2.15. The van der Waals surface area contributed by atoms with Crippen LogP contribution in [0.1, 0.15) is 30.9 Å². The average Bonchev–Trinajstić information content (AvgIpc) is 2.39. The summed E-state index contributed by atoms with van der Waals surface area (Å²) in [5, 5.41) is 0. The van der Waals surface area contributed by atoms with Gasteiger partial charge in [-0.1, -0.05) is 31.2 Å². The molecule has 0 amide bonds. The minimum Gasteiger partial charge on any atom is -0.383 e. The molecule has 0 saturated carbocycles. The van der Waals surface area contributed by atoms with Crippen LogP contribution in [0.5, 0.6) is 0 Å². The maximum Gasteiger partial charge on any atom is 0.0615 e. The summed E-state index contributed by atoms with van der Waals surface area (Å²) in [7, 11) is 3.87. The third kappa shape index (κ3) is 4.41. The summed E-state index contributed by atoms with van der Waals surface area (Å²) in [6, 6.07) is 9.18. The fourth-order valence-electron chi connectivity index (χ4n) is 1.90. The van der Waals surface area contributed by atoms with Crippen molar-refractivity contribution in [3.63, 3.8) is 0 Å². The topological polar surface area (TPSA) is 38.5 Å². The van der Waals surface area contributed by atoms with E-state index in [-0.39, 0.29) is 0 Å². The van der Waals surface area contributed by atoms with Gasteiger partial charge in [-0.15, -0.1) is 0 Å². The van der Waals surface area contributed by atoms with Gasteiger partial charge >= 0.3 is 0 Å². The molecule has 0 aromatic heterocycles. The molecule has 102 valence electrons. The van der Waals surface area contributed by atoms with E-state index in [1.807, 2.05) is 0 Å². The molecule has 2 N–H and O–H groups in total. The van der Waals surface area contributed by atoms with E-state index in [1.165, 1.54) is 11.1 Å². The van der Waals surface area contributed by atoms with Crippen LogP contribution < -0.4 is 5.73 Å². The SMILES string of the molecule is COCC(C)N(C)Cc1ccc(C(C)CN)cc1. The first kappa shape index (κ1) is 15.2. The molecule has 1 rings (SSSR count). The zero-order valence-corrected chi connectivity index (χ0v) is 12.0. The highest BCUT2D eigenvalue weighted by Gasteiger charge is 2.09. The van der Waals surface area contributed by atoms with Crippen LogP contribution in [0.2, 0.25) is 0 Å². The highest BCUT2D eigenvalue weighted by atomic mass is 16.5. The molecule has 3 nitrogen and oxygen atoms in total. The number of likely N-dealkylation sites (N-methyl/N-ethyl adjacent to an activating group) is 1. The summed E-state index contributed by atoms with van der Waals surface area (Å²) >= 11 is 0. The summed E-state index contributed by atoms with van der Waals surface area (Å²) in [5.74, 6) is 0.434. The van der Waals surface area contributed by atoms with Gasteiger partial charge in [-0.3, -0.25) is 4.90 Å². The van der Waals surface area contributed by atoms with Crippen LogP contribution in [-0.2, 0) is 11.3 Å². The van der Waals surface area contributed by atoms with Gasteiger partial charge in [-0.2, -0.15) is 0 Å². The van der Waals surface area contributed by atoms with Crippen LogP contribution in [-0.4, -0.2) is 38.3 Å². The van der Waals surface area contributed by atoms with Crippen molar-refractivity contribution >= 4 is 0 Å². The smallest absolute Gasteiger partial charge is 0.0615 e. The highest BCUT2D eigenvalue weighted by molar-refractivity contribution is 5.25. The van der Waals surface area contributed by atoms with E-state index in [2.05, 4.69) is 50.1 Å². The normalized spacial score (nSPS) is 14.8. The standard InChI is InChI=1S/C15H26N2O/c1-12(9-16)15-7-5-14(6-8-15)10-17(3)13(2)11-18-4/h5-8,12-13H,9-11,16H2,1-4H3. The minimum atomic E-state index is 0.428. The molecule has 2 unspecified atom stereocenters. The molecule has 0 saturated heterocycles. The number of methoxy groups -OCH3 is 1. The van der Waals surface area contributed by atoms with Crippen LogP contribution in [0.15, 0.2) is 24.3 Å². The van der Waals surface area contributed by atoms with Crippen LogP contribution in [0.25, 0.3) is 0 Å². The second kappa shape index (κ2) is 7.52. The largest absolute Gasteiger partial charge is 0.383 e. The number of benzene rings is 1. The second-order valence-corrected chi connectivity index (χ2v) is 5.10. The van der Waals surface area contributed by atoms with E-state index in [9.17, 15) is 0 Å². The third-order valence-electron chi connectivity index (χ3n) is 3.49. The van der Waals surface area contributed by atoms with Gasteiger partial charge in [0, 0.05) is 19.7 Å². The molecular formula is C15H26N2O. The Hall–Kier alpha value is -0.900. The number of rotatable bonds is 7. The van der Waals surface area contributed by atoms with Gasteiger partial charge in [-0.25, -0.2) is 0 Å². The predicted molar refractivity (Wildman–Crippen MR) is 76.7 cm³/mol. The van der Waals surface area contributed by atoms with Crippen molar-refractivity contribution in [2.24, 2.45) is 5.73 Å². The first-order valence-corrected chi connectivity index (χ1v) is 6.56. The van der Waals surface area contributed by atoms with E-state index in [4.69, 9.17) is 10.5 Å². The van der Waals surface area contributed by atoms with Crippen LogP contribution in [0.4, 0.5) is 0 Å². The Labute approximate surface area is 111 Å². The second-order valence-electron chi connectivity index (χ2n) is 5.10. The Bertz CT molecular complexity index is 337. The van der Waals surface area contributed by atoms with Crippen molar-refractivity contribution < 1.29 is 4.74 Å². The maximum absolute atomic E-state index is 5.67. The average molecular weight is 250 g/mol. The first-order valence-electron chi connectivity index (χ1n) is 6.56. The summed E-state index contributed by atoms with van der Waals surface area (Å²) in [5.41, 5.74) is 8.31. The van der Waals surface area contributed by atoms with Crippen molar-refractivity contribution in [2.75, 3.05) is 27.3 Å².